The van der Waals surface area contributed by atoms with Crippen LogP contribution in [-0.4, -0.2) is 23.1 Å². The first-order valence-corrected chi connectivity index (χ1v) is 10.2. The molecule has 0 spiro atoms. The number of benzene rings is 2. The zero-order chi connectivity index (χ0) is 20.4. The van der Waals surface area contributed by atoms with Gasteiger partial charge in [0, 0.05) is 22.0 Å². The number of aromatic nitrogens is 2. The number of hydrogen-bond donors (Lipinski definition) is 2. The van der Waals surface area contributed by atoms with Crippen LogP contribution in [0.1, 0.15) is 31.0 Å². The van der Waals surface area contributed by atoms with E-state index in [4.69, 9.17) is 15.5 Å². The Kier molecular flexibility index (Phi) is 5.49. The third-order valence-corrected chi connectivity index (χ3v) is 5.30. The summed E-state index contributed by atoms with van der Waals surface area (Å²) in [6.07, 6.45) is 2.73. The smallest absolute Gasteiger partial charge is 0.147 e. The van der Waals surface area contributed by atoms with Crippen molar-refractivity contribution >= 4 is 21.8 Å². The molecular formula is C24H26FN3O. The van der Waals surface area contributed by atoms with Crippen LogP contribution >= 0.6 is 0 Å². The zero-order valence-electron chi connectivity index (χ0n) is 16.9. The molecule has 0 bridgehead atoms. The number of aromatic amines is 1. The van der Waals surface area contributed by atoms with Gasteiger partial charge in [-0.25, -0.2) is 9.37 Å². The Bertz CT molecular complexity index is 1170. The fourth-order valence-corrected chi connectivity index (χ4v) is 3.95. The van der Waals surface area contributed by atoms with Crippen LogP contribution < -0.4 is 10.5 Å². The van der Waals surface area contributed by atoms with Gasteiger partial charge in [-0.15, -0.1) is 0 Å². The quantitative estimate of drug-likeness (QED) is 0.408. The highest BCUT2D eigenvalue weighted by Crippen LogP contribution is 2.38. The predicted molar refractivity (Wildman–Crippen MR) is 117 cm³/mol. The summed E-state index contributed by atoms with van der Waals surface area (Å²) in [6.45, 7) is 5.16. The third-order valence-electron chi connectivity index (χ3n) is 5.30. The molecule has 0 radical (unpaired) electrons. The van der Waals surface area contributed by atoms with E-state index in [0.717, 1.165) is 63.8 Å². The molecule has 4 nitrogen and oxygen atoms in total. The van der Waals surface area contributed by atoms with E-state index >= 15 is 0 Å². The number of hydrogen-bond acceptors (Lipinski definition) is 3. The number of H-pyrrole nitrogens is 1. The van der Waals surface area contributed by atoms with E-state index in [0.29, 0.717) is 18.7 Å². The summed E-state index contributed by atoms with van der Waals surface area (Å²) in [5, 5.41) is 1.92. The first kappa shape index (κ1) is 19.4. The molecule has 0 unspecified atom stereocenters. The van der Waals surface area contributed by atoms with Crippen LogP contribution in [0.3, 0.4) is 0 Å². The molecule has 0 aliphatic carbocycles. The van der Waals surface area contributed by atoms with Gasteiger partial charge < -0.3 is 15.5 Å². The minimum Gasteiger partial charge on any atom is -0.492 e. The van der Waals surface area contributed by atoms with Crippen molar-refractivity contribution in [1.82, 2.24) is 9.97 Å². The molecule has 0 amide bonds. The normalized spacial score (nSPS) is 11.4. The van der Waals surface area contributed by atoms with Crippen LogP contribution in [-0.2, 0) is 6.42 Å². The zero-order valence-corrected chi connectivity index (χ0v) is 16.9. The molecule has 5 heteroatoms. The maximum atomic E-state index is 14.5. The van der Waals surface area contributed by atoms with Gasteiger partial charge in [-0.2, -0.15) is 0 Å². The molecule has 2 heterocycles. The van der Waals surface area contributed by atoms with Gasteiger partial charge >= 0.3 is 0 Å². The molecule has 2 aromatic carbocycles. The molecule has 0 saturated heterocycles. The topological polar surface area (TPSA) is 63.9 Å². The maximum absolute atomic E-state index is 14.5. The van der Waals surface area contributed by atoms with Crippen molar-refractivity contribution in [3.8, 4) is 17.0 Å². The first-order chi connectivity index (χ1) is 14.1. The lowest BCUT2D eigenvalue weighted by Crippen LogP contribution is -2.00. The Morgan fingerprint density at radius 3 is 2.72 bits per heavy atom. The molecule has 0 fully saturated rings. The van der Waals surface area contributed by atoms with Gasteiger partial charge in [-0.05, 0) is 69.5 Å². The molecule has 4 aromatic rings. The van der Waals surface area contributed by atoms with Crippen LogP contribution in [0.25, 0.3) is 33.1 Å². The summed E-state index contributed by atoms with van der Waals surface area (Å²) in [7, 11) is 0. The number of rotatable bonds is 7. The second-order valence-electron chi connectivity index (χ2n) is 7.28. The van der Waals surface area contributed by atoms with E-state index in [-0.39, 0.29) is 5.82 Å². The van der Waals surface area contributed by atoms with E-state index in [1.165, 1.54) is 6.07 Å². The number of unbranched alkanes of at least 4 members (excludes halogenated alkanes) is 1. The highest BCUT2D eigenvalue weighted by Gasteiger charge is 2.18. The minimum atomic E-state index is -0.238. The van der Waals surface area contributed by atoms with Crippen molar-refractivity contribution < 1.29 is 9.13 Å². The van der Waals surface area contributed by atoms with Crippen molar-refractivity contribution in [2.45, 2.75) is 33.1 Å². The van der Waals surface area contributed by atoms with Crippen LogP contribution in [0, 0.1) is 12.7 Å². The van der Waals surface area contributed by atoms with Gasteiger partial charge in [-0.3, -0.25) is 0 Å². The molecule has 0 atom stereocenters. The van der Waals surface area contributed by atoms with Crippen LogP contribution in [0.2, 0.25) is 0 Å². The molecule has 29 heavy (non-hydrogen) atoms. The summed E-state index contributed by atoms with van der Waals surface area (Å²) in [5.41, 5.74) is 11.1. The number of nitrogens with two attached hydrogens (primary N) is 1. The Morgan fingerprint density at radius 2 is 1.93 bits per heavy atom. The van der Waals surface area contributed by atoms with Crippen molar-refractivity contribution in [2.75, 3.05) is 13.2 Å². The second-order valence-corrected chi connectivity index (χ2v) is 7.28. The molecule has 0 aliphatic heterocycles. The fourth-order valence-electron chi connectivity index (χ4n) is 3.95. The molecular weight excluding hydrogens is 365 g/mol. The number of pyridine rings is 1. The summed E-state index contributed by atoms with van der Waals surface area (Å²) >= 11 is 0. The van der Waals surface area contributed by atoms with E-state index < -0.39 is 0 Å². The van der Waals surface area contributed by atoms with Gasteiger partial charge in [0.05, 0.1) is 17.8 Å². The first-order valence-electron chi connectivity index (χ1n) is 10.2. The average molecular weight is 391 g/mol. The van der Waals surface area contributed by atoms with Crippen molar-refractivity contribution in [3.05, 3.63) is 59.5 Å². The summed E-state index contributed by atoms with van der Waals surface area (Å²) in [6, 6.07) is 13.3. The predicted octanol–water partition coefficient (Wildman–Crippen LogP) is 5.51. The third kappa shape index (κ3) is 3.58. The SMILES string of the molecule is CCOc1ccc(-c2[nH]c3c(F)cccc3c2CCCCN)c2ccc(C)nc12. The second kappa shape index (κ2) is 8.21. The highest BCUT2D eigenvalue weighted by atomic mass is 19.1. The summed E-state index contributed by atoms with van der Waals surface area (Å²) in [5.74, 6) is 0.528. The molecule has 0 aliphatic rings. The summed E-state index contributed by atoms with van der Waals surface area (Å²) < 4.78 is 20.3. The monoisotopic (exact) mass is 391 g/mol. The number of ether oxygens (including phenoxy) is 1. The molecule has 3 N–H and O–H groups in total. The van der Waals surface area contributed by atoms with Gasteiger partial charge in [0.1, 0.15) is 17.1 Å². The average Bonchev–Trinajstić information content (AvgIpc) is 3.08. The number of aryl methyl sites for hydroxylation is 2. The van der Waals surface area contributed by atoms with E-state index in [1.54, 1.807) is 6.07 Å². The number of halogens is 1. The largest absolute Gasteiger partial charge is 0.492 e. The van der Waals surface area contributed by atoms with Crippen molar-refractivity contribution in [3.63, 3.8) is 0 Å². The standard InChI is InChI=1S/C24H26FN3O/c1-3-29-21-13-12-18(19-11-10-15(2)27-24(19)21)22-16(7-4-5-14-26)17-8-6-9-20(25)23(17)28-22/h6,8-13,28H,3-5,7,14,26H2,1-2H3. The van der Waals surface area contributed by atoms with Crippen LogP contribution in [0.15, 0.2) is 42.5 Å². The number of fused-ring (bicyclic) bond motifs is 2. The lowest BCUT2D eigenvalue weighted by Gasteiger charge is -2.12. The molecule has 2 aromatic heterocycles. The number of nitrogens with zero attached hydrogens (tertiary/aromatic N) is 1. The van der Waals surface area contributed by atoms with Crippen molar-refractivity contribution in [2.24, 2.45) is 5.73 Å². The number of para-hydroxylation sites is 1. The van der Waals surface area contributed by atoms with E-state index in [9.17, 15) is 4.39 Å². The van der Waals surface area contributed by atoms with E-state index in [1.807, 2.05) is 38.1 Å². The van der Waals surface area contributed by atoms with Gasteiger partial charge in [-0.1, -0.05) is 18.2 Å². The Labute approximate surface area is 169 Å². The van der Waals surface area contributed by atoms with E-state index in [2.05, 4.69) is 11.1 Å². The maximum Gasteiger partial charge on any atom is 0.147 e. The Morgan fingerprint density at radius 1 is 1.07 bits per heavy atom. The Hall–Kier alpha value is -2.92. The van der Waals surface area contributed by atoms with Crippen molar-refractivity contribution in [1.29, 1.82) is 0 Å². The molecule has 4 rings (SSSR count). The lowest BCUT2D eigenvalue weighted by molar-refractivity contribution is 0.343. The number of nitrogens with one attached hydrogen (secondary N) is 1. The van der Waals surface area contributed by atoms with Gasteiger partial charge in [0.2, 0.25) is 0 Å². The van der Waals surface area contributed by atoms with Crippen LogP contribution in [0.5, 0.6) is 5.75 Å². The minimum absolute atomic E-state index is 0.238. The van der Waals surface area contributed by atoms with Gasteiger partial charge in [0.15, 0.2) is 0 Å². The van der Waals surface area contributed by atoms with Crippen LogP contribution in [0.4, 0.5) is 4.39 Å². The Balaban J connectivity index is 1.97. The molecule has 150 valence electrons. The fraction of sp³-hybridized carbons (Fsp3) is 0.292. The lowest BCUT2D eigenvalue weighted by atomic mass is 9.97. The molecule has 0 saturated carbocycles. The summed E-state index contributed by atoms with van der Waals surface area (Å²) in [4.78, 5) is 8.09. The highest BCUT2D eigenvalue weighted by molar-refractivity contribution is 6.01. The van der Waals surface area contributed by atoms with Gasteiger partial charge in [0.25, 0.3) is 0 Å².